The van der Waals surface area contributed by atoms with Crippen LogP contribution in [0.15, 0.2) is 12.8 Å². The molecule has 0 rings (SSSR count). The van der Waals surface area contributed by atoms with Crippen LogP contribution in [-0.4, -0.2) is 31.1 Å². The first-order valence-corrected chi connectivity index (χ1v) is 4.78. The number of hydrogen-bond donors (Lipinski definition) is 1. The molecule has 0 aliphatic carbocycles. The van der Waals surface area contributed by atoms with Gasteiger partial charge in [0.25, 0.3) is 0 Å². The second-order valence-electron chi connectivity index (χ2n) is 3.22. The van der Waals surface area contributed by atoms with Crippen LogP contribution in [0.3, 0.4) is 0 Å². The molecule has 1 N–H and O–H groups in total. The monoisotopic (exact) mass is 170 g/mol. The molecule has 1 atom stereocenters. The molecule has 0 bridgehead atoms. The van der Waals surface area contributed by atoms with Crippen molar-refractivity contribution in [1.29, 1.82) is 0 Å². The average molecular weight is 170 g/mol. The fourth-order valence-electron chi connectivity index (χ4n) is 1.06. The van der Waals surface area contributed by atoms with Crippen LogP contribution in [0.4, 0.5) is 0 Å². The molecule has 0 saturated carbocycles. The Bertz CT molecular complexity index is 112. The van der Waals surface area contributed by atoms with E-state index in [4.69, 9.17) is 0 Å². The summed E-state index contributed by atoms with van der Waals surface area (Å²) in [5.41, 5.74) is 0. The molecule has 0 aromatic heterocycles. The number of unbranched alkanes of at least 4 members (excludes halogenated alkanes) is 1. The quantitative estimate of drug-likeness (QED) is 0.627. The largest absolute Gasteiger partial charge is 0.376 e. The molecule has 0 aliphatic heterocycles. The Kier molecular flexibility index (Phi) is 6.87. The summed E-state index contributed by atoms with van der Waals surface area (Å²) >= 11 is 0. The van der Waals surface area contributed by atoms with Crippen molar-refractivity contribution >= 4 is 0 Å². The van der Waals surface area contributed by atoms with E-state index in [1.165, 1.54) is 12.8 Å². The van der Waals surface area contributed by atoms with Crippen LogP contribution in [0, 0.1) is 0 Å². The van der Waals surface area contributed by atoms with Crippen molar-refractivity contribution in [3.05, 3.63) is 12.8 Å². The summed E-state index contributed by atoms with van der Waals surface area (Å²) in [6, 6.07) is 0.542. The Morgan fingerprint density at radius 1 is 1.58 bits per heavy atom. The van der Waals surface area contributed by atoms with Crippen molar-refractivity contribution < 1.29 is 0 Å². The van der Waals surface area contributed by atoms with E-state index in [0.717, 1.165) is 13.1 Å². The normalized spacial score (nSPS) is 12.6. The number of nitrogens with one attached hydrogen (secondary N) is 1. The van der Waals surface area contributed by atoms with E-state index in [9.17, 15) is 0 Å². The molecular formula is C10H22N2. The van der Waals surface area contributed by atoms with Gasteiger partial charge in [0.2, 0.25) is 0 Å². The van der Waals surface area contributed by atoms with Crippen LogP contribution < -0.4 is 5.32 Å². The summed E-state index contributed by atoms with van der Waals surface area (Å²) in [4.78, 5) is 2.27. The zero-order valence-electron chi connectivity index (χ0n) is 8.64. The van der Waals surface area contributed by atoms with Crippen molar-refractivity contribution in [2.75, 3.05) is 20.1 Å². The van der Waals surface area contributed by atoms with Crippen LogP contribution in [0.2, 0.25) is 0 Å². The summed E-state index contributed by atoms with van der Waals surface area (Å²) < 4.78 is 0. The second kappa shape index (κ2) is 7.17. The first-order chi connectivity index (χ1) is 5.74. The highest BCUT2D eigenvalue weighted by Crippen LogP contribution is 1.96. The summed E-state index contributed by atoms with van der Waals surface area (Å²) in [5.74, 6) is 0. The van der Waals surface area contributed by atoms with Gasteiger partial charge in [0.05, 0.1) is 0 Å². The summed E-state index contributed by atoms with van der Waals surface area (Å²) in [6.07, 6.45) is 4.43. The minimum atomic E-state index is 0.542. The third kappa shape index (κ3) is 5.19. The molecule has 0 heterocycles. The molecule has 0 aromatic carbocycles. The van der Waals surface area contributed by atoms with Crippen molar-refractivity contribution in [2.45, 2.75) is 32.7 Å². The van der Waals surface area contributed by atoms with Gasteiger partial charge in [0, 0.05) is 19.1 Å². The highest BCUT2D eigenvalue weighted by atomic mass is 15.1. The third-order valence-corrected chi connectivity index (χ3v) is 2.06. The van der Waals surface area contributed by atoms with Gasteiger partial charge < -0.3 is 10.2 Å². The van der Waals surface area contributed by atoms with E-state index in [-0.39, 0.29) is 0 Å². The Labute approximate surface area is 76.6 Å². The number of hydrogen-bond acceptors (Lipinski definition) is 2. The van der Waals surface area contributed by atoms with Gasteiger partial charge in [-0.25, -0.2) is 0 Å². The highest BCUT2D eigenvalue weighted by molar-refractivity contribution is 4.74. The van der Waals surface area contributed by atoms with Crippen LogP contribution in [0.1, 0.15) is 26.7 Å². The van der Waals surface area contributed by atoms with Gasteiger partial charge in [-0.3, -0.25) is 0 Å². The number of nitrogens with zero attached hydrogens (tertiary/aromatic N) is 1. The van der Waals surface area contributed by atoms with Gasteiger partial charge in [-0.15, -0.1) is 0 Å². The molecule has 72 valence electrons. The zero-order chi connectivity index (χ0) is 9.40. The molecule has 0 saturated heterocycles. The third-order valence-electron chi connectivity index (χ3n) is 2.06. The molecule has 1 unspecified atom stereocenters. The molecule has 0 radical (unpaired) electrons. The maximum Gasteiger partial charge on any atom is 0.0323 e. The van der Waals surface area contributed by atoms with Crippen molar-refractivity contribution in [2.24, 2.45) is 0 Å². The van der Waals surface area contributed by atoms with Crippen LogP contribution in [0.25, 0.3) is 0 Å². The standard InChI is InChI=1S/C10H22N2/c1-5-7-8-12(6-2)9-10(3)11-4/h6,10-11H,2,5,7-9H2,1,3-4H3. The first-order valence-electron chi connectivity index (χ1n) is 4.78. The fourth-order valence-corrected chi connectivity index (χ4v) is 1.06. The van der Waals surface area contributed by atoms with Crippen LogP contribution in [-0.2, 0) is 0 Å². The van der Waals surface area contributed by atoms with Crippen LogP contribution >= 0.6 is 0 Å². The summed E-state index contributed by atoms with van der Waals surface area (Å²) in [7, 11) is 1.99. The van der Waals surface area contributed by atoms with E-state index >= 15 is 0 Å². The van der Waals surface area contributed by atoms with E-state index in [1.807, 2.05) is 13.2 Å². The molecule has 2 heteroatoms. The zero-order valence-corrected chi connectivity index (χ0v) is 8.64. The summed E-state index contributed by atoms with van der Waals surface area (Å²) in [5, 5.41) is 3.22. The van der Waals surface area contributed by atoms with Gasteiger partial charge >= 0.3 is 0 Å². The van der Waals surface area contributed by atoms with Crippen molar-refractivity contribution in [1.82, 2.24) is 10.2 Å². The Morgan fingerprint density at radius 2 is 2.25 bits per heavy atom. The first kappa shape index (κ1) is 11.5. The van der Waals surface area contributed by atoms with E-state index in [0.29, 0.717) is 6.04 Å². The maximum atomic E-state index is 3.80. The van der Waals surface area contributed by atoms with Gasteiger partial charge in [-0.2, -0.15) is 0 Å². The van der Waals surface area contributed by atoms with Gasteiger partial charge in [0.15, 0.2) is 0 Å². The molecule has 12 heavy (non-hydrogen) atoms. The number of rotatable bonds is 7. The predicted octanol–water partition coefficient (Wildman–Crippen LogP) is 1.84. The van der Waals surface area contributed by atoms with Crippen molar-refractivity contribution in [3.63, 3.8) is 0 Å². The topological polar surface area (TPSA) is 15.3 Å². The SMILES string of the molecule is C=CN(CCCC)CC(C)NC. The second-order valence-corrected chi connectivity index (χ2v) is 3.22. The Morgan fingerprint density at radius 3 is 2.67 bits per heavy atom. The minimum Gasteiger partial charge on any atom is -0.376 e. The average Bonchev–Trinajstić information content (AvgIpc) is 2.11. The van der Waals surface area contributed by atoms with E-state index < -0.39 is 0 Å². The molecule has 0 aliphatic rings. The smallest absolute Gasteiger partial charge is 0.0323 e. The van der Waals surface area contributed by atoms with E-state index in [2.05, 4.69) is 30.6 Å². The minimum absolute atomic E-state index is 0.542. The van der Waals surface area contributed by atoms with Gasteiger partial charge in [0.1, 0.15) is 0 Å². The molecule has 0 aromatic rings. The molecule has 0 amide bonds. The maximum absolute atomic E-state index is 3.80. The Balaban J connectivity index is 3.59. The van der Waals surface area contributed by atoms with Crippen molar-refractivity contribution in [3.8, 4) is 0 Å². The highest BCUT2D eigenvalue weighted by Gasteiger charge is 2.02. The lowest BCUT2D eigenvalue weighted by Crippen LogP contribution is -2.35. The molecule has 0 fully saturated rings. The molecular weight excluding hydrogens is 148 g/mol. The predicted molar refractivity (Wildman–Crippen MR) is 55.2 cm³/mol. The lowest BCUT2D eigenvalue weighted by Gasteiger charge is -2.23. The Hall–Kier alpha value is -0.500. The van der Waals surface area contributed by atoms with Gasteiger partial charge in [-0.1, -0.05) is 19.9 Å². The lowest BCUT2D eigenvalue weighted by molar-refractivity contribution is 0.332. The number of likely N-dealkylation sites (N-methyl/N-ethyl adjacent to an activating group) is 1. The van der Waals surface area contributed by atoms with Gasteiger partial charge in [-0.05, 0) is 26.6 Å². The molecule has 0 spiro atoms. The van der Waals surface area contributed by atoms with Crippen LogP contribution in [0.5, 0.6) is 0 Å². The fraction of sp³-hybridized carbons (Fsp3) is 0.800. The summed E-state index contributed by atoms with van der Waals surface area (Å²) in [6.45, 7) is 10.4. The molecule has 2 nitrogen and oxygen atoms in total. The van der Waals surface area contributed by atoms with E-state index in [1.54, 1.807) is 0 Å². The lowest BCUT2D eigenvalue weighted by atomic mass is 10.3.